The first-order chi connectivity index (χ1) is 14.7. The third kappa shape index (κ3) is 3.85. The second-order valence-electron chi connectivity index (χ2n) is 7.25. The van der Waals surface area contributed by atoms with Crippen molar-refractivity contribution in [3.8, 4) is 22.9 Å². The van der Waals surface area contributed by atoms with Gasteiger partial charge >= 0.3 is 0 Å². The molecule has 0 saturated heterocycles. The van der Waals surface area contributed by atoms with Crippen LogP contribution in [-0.4, -0.2) is 44.1 Å². The monoisotopic (exact) mass is 423 g/mol. The maximum absolute atomic E-state index is 12.8. The summed E-state index contributed by atoms with van der Waals surface area (Å²) in [6.07, 6.45) is 5.69. The Labute approximate surface area is 178 Å². The van der Waals surface area contributed by atoms with Crippen molar-refractivity contribution in [2.45, 2.75) is 36.2 Å². The maximum Gasteiger partial charge on any atom is 0.237 e. The van der Waals surface area contributed by atoms with E-state index in [2.05, 4.69) is 25.1 Å². The molecule has 2 aliphatic rings. The number of hydrogen-bond donors (Lipinski definition) is 1. The van der Waals surface area contributed by atoms with Crippen molar-refractivity contribution in [1.29, 1.82) is 0 Å². The fourth-order valence-electron chi connectivity index (χ4n) is 3.29. The first-order valence-electron chi connectivity index (χ1n) is 9.91. The van der Waals surface area contributed by atoms with E-state index in [0.717, 1.165) is 29.4 Å². The van der Waals surface area contributed by atoms with E-state index < -0.39 is 0 Å². The number of amides is 1. The number of aromatic nitrogens is 4. The Bertz CT molecular complexity index is 1070. The number of pyridine rings is 1. The summed E-state index contributed by atoms with van der Waals surface area (Å²) in [4.78, 5) is 16.9. The predicted octanol–water partition coefficient (Wildman–Crippen LogP) is 3.57. The fourth-order valence-corrected chi connectivity index (χ4v) is 4.21. The highest BCUT2D eigenvalue weighted by molar-refractivity contribution is 8.00. The van der Waals surface area contributed by atoms with Gasteiger partial charge in [-0.2, -0.15) is 0 Å². The van der Waals surface area contributed by atoms with Crippen LogP contribution >= 0.6 is 11.8 Å². The highest BCUT2D eigenvalue weighted by Crippen LogP contribution is 2.41. The molecule has 1 fully saturated rings. The number of nitrogens with one attached hydrogen (secondary N) is 1. The van der Waals surface area contributed by atoms with E-state index in [-0.39, 0.29) is 11.2 Å². The van der Waals surface area contributed by atoms with Crippen molar-refractivity contribution >= 4 is 23.4 Å². The van der Waals surface area contributed by atoms with Gasteiger partial charge in [-0.05, 0) is 44.0 Å². The van der Waals surface area contributed by atoms with Crippen molar-refractivity contribution in [1.82, 2.24) is 19.7 Å². The van der Waals surface area contributed by atoms with Gasteiger partial charge in [0.1, 0.15) is 13.2 Å². The molecule has 3 heterocycles. The Kier molecular flexibility index (Phi) is 5.04. The van der Waals surface area contributed by atoms with E-state index in [0.29, 0.717) is 36.4 Å². The standard InChI is InChI=1S/C21H21N5O3S/c1-13(20(27)23-15-2-5-17-18(12-15)29-11-10-28-17)30-21-25-24-19(26(21)16-3-4-16)14-6-8-22-9-7-14/h2,5-9,12-13,16H,3-4,10-11H2,1H3,(H,23,27)/t13-/m0/s1. The Balaban J connectivity index is 1.31. The Morgan fingerprint density at radius 2 is 1.90 bits per heavy atom. The molecular weight excluding hydrogens is 402 g/mol. The van der Waals surface area contributed by atoms with Crippen LogP contribution < -0.4 is 14.8 Å². The van der Waals surface area contributed by atoms with Gasteiger partial charge in [0.2, 0.25) is 5.91 Å². The molecule has 0 radical (unpaired) electrons. The Morgan fingerprint density at radius 1 is 1.13 bits per heavy atom. The summed E-state index contributed by atoms with van der Waals surface area (Å²) < 4.78 is 13.3. The van der Waals surface area contributed by atoms with Gasteiger partial charge in [0.05, 0.1) is 5.25 Å². The smallest absolute Gasteiger partial charge is 0.237 e. The minimum atomic E-state index is -0.342. The molecule has 3 aromatic rings. The van der Waals surface area contributed by atoms with Crippen molar-refractivity contribution in [2.75, 3.05) is 18.5 Å². The lowest BCUT2D eigenvalue weighted by Gasteiger charge is -2.19. The van der Waals surface area contributed by atoms with E-state index in [1.165, 1.54) is 11.8 Å². The third-order valence-electron chi connectivity index (χ3n) is 4.98. The average Bonchev–Trinajstić information content (AvgIpc) is 3.54. The number of thioether (sulfide) groups is 1. The Hall–Kier alpha value is -3.07. The number of hydrogen-bond acceptors (Lipinski definition) is 7. The number of rotatable bonds is 6. The number of carbonyl (C=O) groups is 1. The van der Waals surface area contributed by atoms with Crippen LogP contribution in [0.5, 0.6) is 11.5 Å². The number of ether oxygens (including phenoxy) is 2. The van der Waals surface area contributed by atoms with Crippen LogP contribution in [0.2, 0.25) is 0 Å². The highest BCUT2D eigenvalue weighted by atomic mass is 32.2. The molecule has 30 heavy (non-hydrogen) atoms. The minimum Gasteiger partial charge on any atom is -0.486 e. The molecule has 1 N–H and O–H groups in total. The van der Waals surface area contributed by atoms with E-state index >= 15 is 0 Å². The van der Waals surface area contributed by atoms with E-state index in [9.17, 15) is 4.79 Å². The van der Waals surface area contributed by atoms with Gasteiger partial charge in [-0.25, -0.2) is 0 Å². The topological polar surface area (TPSA) is 91.2 Å². The van der Waals surface area contributed by atoms with E-state index in [1.54, 1.807) is 18.5 Å². The molecule has 2 aromatic heterocycles. The number of benzene rings is 1. The molecule has 1 atom stereocenters. The first-order valence-corrected chi connectivity index (χ1v) is 10.8. The molecule has 5 rings (SSSR count). The highest BCUT2D eigenvalue weighted by Gasteiger charge is 2.31. The van der Waals surface area contributed by atoms with Crippen LogP contribution in [0.1, 0.15) is 25.8 Å². The maximum atomic E-state index is 12.8. The molecule has 1 aromatic carbocycles. The van der Waals surface area contributed by atoms with Crippen molar-refractivity contribution in [3.63, 3.8) is 0 Å². The average molecular weight is 423 g/mol. The summed E-state index contributed by atoms with van der Waals surface area (Å²) in [5, 5.41) is 12.1. The first kappa shape index (κ1) is 18.9. The van der Waals surface area contributed by atoms with E-state index in [1.807, 2.05) is 31.2 Å². The van der Waals surface area contributed by atoms with Crippen molar-refractivity contribution in [3.05, 3.63) is 42.7 Å². The molecule has 9 heteroatoms. The number of carbonyl (C=O) groups excluding carboxylic acids is 1. The summed E-state index contributed by atoms with van der Waals surface area (Å²) >= 11 is 1.42. The molecule has 1 aliphatic carbocycles. The predicted molar refractivity (Wildman–Crippen MR) is 113 cm³/mol. The summed E-state index contributed by atoms with van der Waals surface area (Å²) in [7, 11) is 0. The van der Waals surface area contributed by atoms with E-state index in [4.69, 9.17) is 9.47 Å². The molecule has 154 valence electrons. The van der Waals surface area contributed by atoms with Crippen LogP contribution in [-0.2, 0) is 4.79 Å². The molecule has 0 unspecified atom stereocenters. The zero-order valence-electron chi connectivity index (χ0n) is 16.4. The molecule has 1 aliphatic heterocycles. The third-order valence-corrected chi connectivity index (χ3v) is 6.03. The van der Waals surface area contributed by atoms with Gasteiger partial charge in [-0.3, -0.25) is 14.3 Å². The lowest BCUT2D eigenvalue weighted by atomic mass is 10.2. The normalized spacial score (nSPS) is 16.2. The fraction of sp³-hybridized carbons (Fsp3) is 0.333. The quantitative estimate of drug-likeness (QED) is 0.606. The summed E-state index contributed by atoms with van der Waals surface area (Å²) in [6, 6.07) is 9.66. The summed E-state index contributed by atoms with van der Waals surface area (Å²) in [5.41, 5.74) is 1.66. The van der Waals surface area contributed by atoms with Gasteiger partial charge < -0.3 is 14.8 Å². The molecule has 0 bridgehead atoms. The summed E-state index contributed by atoms with van der Waals surface area (Å²) in [5.74, 6) is 2.06. The molecule has 1 saturated carbocycles. The van der Waals surface area contributed by atoms with Gasteiger partial charge in [-0.15, -0.1) is 10.2 Å². The molecule has 8 nitrogen and oxygen atoms in total. The number of fused-ring (bicyclic) bond motifs is 1. The largest absolute Gasteiger partial charge is 0.486 e. The van der Waals surface area contributed by atoms with Gasteiger partial charge in [-0.1, -0.05) is 11.8 Å². The number of anilines is 1. The lowest BCUT2D eigenvalue weighted by molar-refractivity contribution is -0.115. The molecular formula is C21H21N5O3S. The second-order valence-corrected chi connectivity index (χ2v) is 8.56. The second kappa shape index (κ2) is 7.98. The van der Waals surface area contributed by atoms with Gasteiger partial charge in [0.25, 0.3) is 0 Å². The van der Waals surface area contributed by atoms with Crippen molar-refractivity contribution < 1.29 is 14.3 Å². The van der Waals surface area contributed by atoms with Gasteiger partial charge in [0.15, 0.2) is 22.5 Å². The van der Waals surface area contributed by atoms with Crippen LogP contribution in [0.4, 0.5) is 5.69 Å². The van der Waals surface area contributed by atoms with Crippen LogP contribution in [0.15, 0.2) is 47.9 Å². The van der Waals surface area contributed by atoms with Crippen LogP contribution in [0.25, 0.3) is 11.4 Å². The SMILES string of the molecule is C[C@H](Sc1nnc(-c2ccncc2)n1C1CC1)C(=O)Nc1ccc2c(c1)OCCO2. The lowest BCUT2D eigenvalue weighted by Crippen LogP contribution is -2.23. The molecule has 1 amide bonds. The van der Waals surface area contributed by atoms with Crippen LogP contribution in [0, 0.1) is 0 Å². The Morgan fingerprint density at radius 3 is 2.67 bits per heavy atom. The van der Waals surface area contributed by atoms with Crippen molar-refractivity contribution in [2.24, 2.45) is 0 Å². The number of nitrogens with zero attached hydrogens (tertiary/aromatic N) is 4. The van der Waals surface area contributed by atoms with Crippen LogP contribution in [0.3, 0.4) is 0 Å². The van der Waals surface area contributed by atoms with Gasteiger partial charge in [0, 0.05) is 35.8 Å². The zero-order chi connectivity index (χ0) is 20.5. The minimum absolute atomic E-state index is 0.104. The zero-order valence-corrected chi connectivity index (χ0v) is 17.3. The molecule has 0 spiro atoms. The summed E-state index contributed by atoms with van der Waals surface area (Å²) in [6.45, 7) is 2.92.